The number of rotatable bonds is 14. The summed E-state index contributed by atoms with van der Waals surface area (Å²) in [6.45, 7) is -2.34. The number of carbonyl (C=O) groups is 1. The second-order valence-electron chi connectivity index (χ2n) is 13.7. The number of hydrogen-bond donors (Lipinski definition) is 13. The van der Waals surface area contributed by atoms with Crippen molar-refractivity contribution in [1.82, 2.24) is 5.32 Å². The lowest BCUT2D eigenvalue weighted by Crippen LogP contribution is -2.70. The van der Waals surface area contributed by atoms with Gasteiger partial charge in [-0.3, -0.25) is 4.79 Å². The molecule has 0 spiro atoms. The van der Waals surface area contributed by atoms with Crippen molar-refractivity contribution in [1.29, 1.82) is 0 Å². The third kappa shape index (κ3) is 9.78. The maximum absolute atomic E-state index is 12.4. The lowest BCUT2D eigenvalue weighted by Gasteiger charge is -2.50. The van der Waals surface area contributed by atoms with Crippen LogP contribution >= 0.6 is 0 Å². The van der Waals surface area contributed by atoms with Crippen molar-refractivity contribution >= 4 is 5.91 Å². The zero-order chi connectivity index (χ0) is 40.1. The zero-order valence-electron chi connectivity index (χ0n) is 29.5. The first-order chi connectivity index (χ1) is 26.2. The highest BCUT2D eigenvalue weighted by molar-refractivity contribution is 5.73. The van der Waals surface area contributed by atoms with E-state index in [4.69, 9.17) is 37.9 Å². The molecule has 0 bridgehead atoms. The van der Waals surface area contributed by atoms with Crippen LogP contribution in [0.1, 0.15) is 12.5 Å². The first-order valence-electron chi connectivity index (χ1n) is 17.6. The Kier molecular flexibility index (Phi) is 15.6. The van der Waals surface area contributed by atoms with Crippen molar-refractivity contribution in [2.75, 3.05) is 26.4 Å². The van der Waals surface area contributed by atoms with E-state index in [-0.39, 0.29) is 6.61 Å². The van der Waals surface area contributed by atoms with E-state index < -0.39 is 155 Å². The fourth-order valence-electron chi connectivity index (χ4n) is 6.82. The summed E-state index contributed by atoms with van der Waals surface area (Å²) >= 11 is 0. The molecule has 4 heterocycles. The summed E-state index contributed by atoms with van der Waals surface area (Å²) in [6, 6.07) is 7.22. The average molecular weight is 798 g/mol. The molecule has 1 aromatic rings. The summed E-state index contributed by atoms with van der Waals surface area (Å²) in [5.74, 6) is -0.757. The summed E-state index contributed by atoms with van der Waals surface area (Å²) in [7, 11) is 0. The first-order valence-corrected chi connectivity index (χ1v) is 17.6. The Morgan fingerprint density at radius 3 is 1.60 bits per heavy atom. The predicted molar refractivity (Wildman–Crippen MR) is 174 cm³/mol. The highest BCUT2D eigenvalue weighted by Crippen LogP contribution is 2.35. The van der Waals surface area contributed by atoms with E-state index in [0.29, 0.717) is 0 Å². The van der Waals surface area contributed by atoms with Crippen LogP contribution in [0.4, 0.5) is 0 Å². The number of hydrogen-bond acceptors (Lipinski definition) is 21. The minimum absolute atomic E-state index is 0.0240. The normalized spacial score (nSPS) is 45.3. The quantitative estimate of drug-likeness (QED) is 0.0831. The molecule has 1 aromatic carbocycles. The van der Waals surface area contributed by atoms with Crippen molar-refractivity contribution < 1.29 is 104 Å². The monoisotopic (exact) mass is 797 g/mol. The molecule has 20 atom stereocenters. The van der Waals surface area contributed by atoms with E-state index in [2.05, 4.69) is 5.32 Å². The molecular weight excluding hydrogens is 746 g/mol. The van der Waals surface area contributed by atoms with Crippen LogP contribution in [0.5, 0.6) is 0 Å². The van der Waals surface area contributed by atoms with Crippen LogP contribution in [-0.2, 0) is 49.3 Å². The number of ether oxygens (including phenoxy) is 8. The van der Waals surface area contributed by atoms with E-state index >= 15 is 0 Å². The van der Waals surface area contributed by atoms with E-state index in [1.54, 1.807) is 30.3 Å². The molecule has 0 radical (unpaired) electrons. The average Bonchev–Trinajstić information content (AvgIpc) is 3.18. The lowest BCUT2D eigenvalue weighted by molar-refractivity contribution is -0.381. The SMILES string of the molecule is CC(=O)NC1C(O[C@@H]2OC(CO)[C@H](O)C(O)C2O)[C@H](O)C(CO)O[C@H]1OC1C(O)[C@H](O[C@@H]2C(CO)O[C@@H](OCc3ccccc3)C(O)C2O)OC(CO)[C@@H]1O. The molecule has 0 aromatic heterocycles. The van der Waals surface area contributed by atoms with Gasteiger partial charge in [0.1, 0.15) is 97.6 Å². The van der Waals surface area contributed by atoms with E-state index in [9.17, 15) is 66.1 Å². The zero-order valence-corrected chi connectivity index (χ0v) is 29.5. The molecule has 55 heavy (non-hydrogen) atoms. The number of carbonyl (C=O) groups excluding carboxylic acids is 1. The Labute approximate surface area is 313 Å². The molecule has 5 rings (SSSR count). The van der Waals surface area contributed by atoms with E-state index in [0.717, 1.165) is 12.5 Å². The highest BCUT2D eigenvalue weighted by Gasteiger charge is 2.56. The topological polar surface area (TPSA) is 346 Å². The van der Waals surface area contributed by atoms with Gasteiger partial charge in [-0.15, -0.1) is 0 Å². The molecule has 22 nitrogen and oxygen atoms in total. The summed E-state index contributed by atoms with van der Waals surface area (Å²) in [5.41, 5.74) is 0.722. The van der Waals surface area contributed by atoms with E-state index in [1.807, 2.05) is 0 Å². The molecule has 4 saturated heterocycles. The smallest absolute Gasteiger partial charge is 0.217 e. The van der Waals surface area contributed by atoms with Gasteiger partial charge in [-0.25, -0.2) is 0 Å². The van der Waals surface area contributed by atoms with Gasteiger partial charge in [0.05, 0.1) is 33.0 Å². The molecule has 12 unspecified atom stereocenters. The molecule has 22 heteroatoms. The van der Waals surface area contributed by atoms with Gasteiger partial charge in [-0.1, -0.05) is 30.3 Å². The highest BCUT2D eigenvalue weighted by atomic mass is 16.8. The Hall–Kier alpha value is -2.11. The molecule has 0 saturated carbocycles. The van der Waals surface area contributed by atoms with Crippen LogP contribution < -0.4 is 5.32 Å². The second kappa shape index (κ2) is 19.6. The van der Waals surface area contributed by atoms with Crippen LogP contribution in [0.2, 0.25) is 0 Å². The number of aliphatic hydroxyl groups is 12. The van der Waals surface area contributed by atoms with Gasteiger partial charge >= 0.3 is 0 Å². The fraction of sp³-hybridized carbons (Fsp3) is 0.788. The molecule has 4 fully saturated rings. The van der Waals surface area contributed by atoms with E-state index in [1.165, 1.54) is 0 Å². The third-order valence-corrected chi connectivity index (χ3v) is 9.85. The Morgan fingerprint density at radius 2 is 1.02 bits per heavy atom. The van der Waals surface area contributed by atoms with Crippen molar-refractivity contribution in [3.05, 3.63) is 35.9 Å². The largest absolute Gasteiger partial charge is 0.394 e. The van der Waals surface area contributed by atoms with Crippen molar-refractivity contribution in [2.45, 2.75) is 136 Å². The molecule has 4 aliphatic rings. The van der Waals surface area contributed by atoms with Gasteiger partial charge in [-0.2, -0.15) is 0 Å². The minimum Gasteiger partial charge on any atom is -0.394 e. The van der Waals surface area contributed by atoms with Gasteiger partial charge in [0.15, 0.2) is 25.2 Å². The number of nitrogens with one attached hydrogen (secondary N) is 1. The van der Waals surface area contributed by atoms with Crippen LogP contribution in [-0.4, -0.2) is 216 Å². The Morgan fingerprint density at radius 1 is 0.545 bits per heavy atom. The second-order valence-corrected chi connectivity index (χ2v) is 13.7. The molecule has 314 valence electrons. The standard InChI is InChI=1S/C33H51NO21/c1-12(39)34-18-28(54-32-24(45)22(43)19(40)14(7-35)50-32)20(41)15(8-36)49-30(18)55-29-21(42)16(9-37)51-33(26(29)47)53-27-17(10-38)52-31(25(46)23(27)44)48-11-13-5-3-2-4-6-13/h2-6,14-33,35-38,40-47H,7-11H2,1H3,(H,34,39)/t14?,15?,16?,17?,18?,19-,20+,21-,22?,23?,24?,25?,26?,27+,28?,29?,30-,31+,32-,33-/m0/s1. The predicted octanol–water partition coefficient (Wildman–Crippen LogP) is -7.38. The number of aliphatic hydroxyl groups excluding tert-OH is 12. The van der Waals surface area contributed by atoms with Gasteiger partial charge in [0, 0.05) is 6.92 Å². The number of benzene rings is 1. The van der Waals surface area contributed by atoms with Gasteiger partial charge in [0.2, 0.25) is 5.91 Å². The summed E-state index contributed by atoms with van der Waals surface area (Å²) < 4.78 is 45.6. The third-order valence-electron chi connectivity index (χ3n) is 9.85. The van der Waals surface area contributed by atoms with Gasteiger partial charge in [-0.05, 0) is 5.56 Å². The number of amides is 1. The van der Waals surface area contributed by atoms with Crippen molar-refractivity contribution in [3.8, 4) is 0 Å². The maximum Gasteiger partial charge on any atom is 0.217 e. The van der Waals surface area contributed by atoms with Crippen molar-refractivity contribution in [2.24, 2.45) is 0 Å². The molecular formula is C33H51NO21. The summed E-state index contributed by atoms with van der Waals surface area (Å²) in [6.07, 6.45) is -32.9. The van der Waals surface area contributed by atoms with Gasteiger partial charge in [0.25, 0.3) is 0 Å². The lowest BCUT2D eigenvalue weighted by atomic mass is 9.94. The Balaban J connectivity index is 1.35. The summed E-state index contributed by atoms with van der Waals surface area (Å²) in [5, 5.41) is 129. The van der Waals surface area contributed by atoms with Crippen LogP contribution in [0.25, 0.3) is 0 Å². The first kappa shape index (κ1) is 44.0. The maximum atomic E-state index is 12.4. The van der Waals surface area contributed by atoms with Crippen molar-refractivity contribution in [3.63, 3.8) is 0 Å². The molecule has 0 aliphatic carbocycles. The Bertz CT molecular complexity index is 1330. The van der Waals surface area contributed by atoms with Gasteiger partial charge < -0.3 is 104 Å². The molecule has 4 aliphatic heterocycles. The minimum atomic E-state index is -2.03. The summed E-state index contributed by atoms with van der Waals surface area (Å²) in [4.78, 5) is 12.4. The van der Waals surface area contributed by atoms with Crippen LogP contribution in [0, 0.1) is 0 Å². The molecule has 1 amide bonds. The fourth-order valence-corrected chi connectivity index (χ4v) is 6.82. The van der Waals surface area contributed by atoms with Crippen LogP contribution in [0.3, 0.4) is 0 Å². The van der Waals surface area contributed by atoms with Crippen LogP contribution in [0.15, 0.2) is 30.3 Å². The molecule has 13 N–H and O–H groups in total.